The minimum absolute atomic E-state index is 0.0453. The topological polar surface area (TPSA) is 98.5 Å². The smallest absolute Gasteiger partial charge is 0.271 e. The lowest BCUT2D eigenvalue weighted by Crippen LogP contribution is -2.14. The number of non-ortho nitro benzene ring substituents is 1. The molecular weight excluding hydrogens is 510 g/mol. The Morgan fingerprint density at radius 1 is 0.935 bits per heavy atom. The Hall–Kier alpha value is -2.23. The van der Waals surface area contributed by atoms with Gasteiger partial charge in [0.15, 0.2) is 5.75 Å². The number of hydrogen-bond donors (Lipinski definition) is 1. The van der Waals surface area contributed by atoms with Gasteiger partial charge in [-0.15, -0.1) is 0 Å². The molecule has 1 N–H and O–H groups in total. The van der Waals surface area contributed by atoms with Crippen LogP contribution in [-0.2, 0) is 10.0 Å². The fourth-order valence-corrected chi connectivity index (χ4v) is 4.75. The third kappa shape index (κ3) is 5.34. The molecular formula is C19H12Cl4N2O5S. The number of nitrogens with one attached hydrogen (secondary N) is 1. The molecule has 0 radical (unpaired) electrons. The number of nitro benzene ring substituents is 1. The standard InChI is InChI=1S/C19H12Cl4N2O5S/c1-10-2-3-11(20)6-17(10)24-31(28,29)13-8-15(22)19(16(23)9-13)30-18-5-4-12(25(26)27)7-14(18)21/h2-9,24H,1H3. The summed E-state index contributed by atoms with van der Waals surface area (Å²) in [5.41, 5.74) is 0.744. The Bertz CT molecular complexity index is 1280. The van der Waals surface area contributed by atoms with E-state index in [0.29, 0.717) is 16.3 Å². The van der Waals surface area contributed by atoms with Gasteiger partial charge in [0.05, 0.1) is 30.6 Å². The van der Waals surface area contributed by atoms with Crippen LogP contribution in [0.3, 0.4) is 0 Å². The van der Waals surface area contributed by atoms with E-state index in [1.54, 1.807) is 19.1 Å². The summed E-state index contributed by atoms with van der Waals surface area (Å²) in [6.07, 6.45) is 0. The van der Waals surface area contributed by atoms with Gasteiger partial charge in [-0.3, -0.25) is 14.8 Å². The Balaban J connectivity index is 1.93. The maximum Gasteiger partial charge on any atom is 0.271 e. The van der Waals surface area contributed by atoms with Gasteiger partial charge in [0.25, 0.3) is 15.7 Å². The SMILES string of the molecule is Cc1ccc(Cl)cc1NS(=O)(=O)c1cc(Cl)c(Oc2ccc([N+](=O)[O-])cc2Cl)c(Cl)c1. The molecule has 0 aliphatic heterocycles. The number of sulfonamides is 1. The van der Waals surface area contributed by atoms with Crippen LogP contribution in [0.5, 0.6) is 11.5 Å². The molecule has 0 aliphatic carbocycles. The van der Waals surface area contributed by atoms with Gasteiger partial charge in [0, 0.05) is 17.2 Å². The van der Waals surface area contributed by atoms with Crippen molar-refractivity contribution in [1.29, 1.82) is 0 Å². The summed E-state index contributed by atoms with van der Waals surface area (Å²) in [5.74, 6) is -0.00340. The van der Waals surface area contributed by atoms with Crippen LogP contribution in [0.1, 0.15) is 5.56 Å². The molecule has 3 aromatic rings. The molecule has 0 saturated carbocycles. The van der Waals surface area contributed by atoms with Crippen molar-refractivity contribution in [3.8, 4) is 11.5 Å². The number of nitrogens with zero attached hydrogens (tertiary/aromatic N) is 1. The van der Waals surface area contributed by atoms with E-state index in [1.165, 1.54) is 18.2 Å². The van der Waals surface area contributed by atoms with Gasteiger partial charge in [0.2, 0.25) is 0 Å². The molecule has 0 aliphatic rings. The highest BCUT2D eigenvalue weighted by Gasteiger charge is 2.21. The minimum atomic E-state index is -4.04. The van der Waals surface area contributed by atoms with Gasteiger partial charge in [-0.05, 0) is 42.8 Å². The van der Waals surface area contributed by atoms with E-state index in [0.717, 1.165) is 18.2 Å². The minimum Gasteiger partial charge on any atom is -0.453 e. The quantitative estimate of drug-likeness (QED) is 0.275. The van der Waals surface area contributed by atoms with Crippen LogP contribution >= 0.6 is 46.4 Å². The first-order valence-corrected chi connectivity index (χ1v) is 11.4. The zero-order valence-electron chi connectivity index (χ0n) is 15.5. The third-order valence-corrected chi connectivity index (χ3v) is 6.50. The van der Waals surface area contributed by atoms with E-state index in [9.17, 15) is 18.5 Å². The highest BCUT2D eigenvalue weighted by atomic mass is 35.5. The molecule has 0 saturated heterocycles. The Labute approximate surface area is 197 Å². The number of aryl methyl sites for hydroxylation is 1. The van der Waals surface area contributed by atoms with Crippen molar-refractivity contribution in [2.75, 3.05) is 4.72 Å². The molecule has 12 heteroatoms. The number of nitro groups is 1. The fourth-order valence-electron chi connectivity index (χ4n) is 2.49. The lowest BCUT2D eigenvalue weighted by molar-refractivity contribution is -0.384. The predicted octanol–water partition coefficient (Wildman–Crippen LogP) is 7.11. The number of hydrogen-bond acceptors (Lipinski definition) is 5. The van der Waals surface area contributed by atoms with Crippen molar-refractivity contribution in [1.82, 2.24) is 0 Å². The molecule has 0 aromatic heterocycles. The molecule has 162 valence electrons. The number of halogens is 4. The van der Waals surface area contributed by atoms with E-state index in [1.807, 2.05) is 0 Å². The summed E-state index contributed by atoms with van der Waals surface area (Å²) in [5, 5.41) is 10.9. The van der Waals surface area contributed by atoms with Crippen molar-refractivity contribution in [2.45, 2.75) is 11.8 Å². The van der Waals surface area contributed by atoms with E-state index < -0.39 is 14.9 Å². The molecule has 0 fully saturated rings. The second-order valence-electron chi connectivity index (χ2n) is 6.25. The van der Waals surface area contributed by atoms with E-state index in [-0.39, 0.29) is 37.1 Å². The largest absolute Gasteiger partial charge is 0.453 e. The first-order chi connectivity index (χ1) is 14.5. The van der Waals surface area contributed by atoms with E-state index in [4.69, 9.17) is 51.1 Å². The van der Waals surface area contributed by atoms with Gasteiger partial charge >= 0.3 is 0 Å². The molecule has 0 spiro atoms. The maximum atomic E-state index is 12.8. The summed E-state index contributed by atoms with van der Waals surface area (Å²) in [4.78, 5) is 10.0. The molecule has 31 heavy (non-hydrogen) atoms. The summed E-state index contributed by atoms with van der Waals surface area (Å²) >= 11 is 24.4. The van der Waals surface area contributed by atoms with Crippen LogP contribution in [0.2, 0.25) is 20.1 Å². The Morgan fingerprint density at radius 3 is 2.16 bits per heavy atom. The maximum absolute atomic E-state index is 12.8. The molecule has 0 bridgehead atoms. The lowest BCUT2D eigenvalue weighted by atomic mass is 10.2. The normalized spacial score (nSPS) is 11.3. The molecule has 3 aromatic carbocycles. The summed E-state index contributed by atoms with van der Waals surface area (Å²) in [7, 11) is -4.04. The van der Waals surface area contributed by atoms with Crippen molar-refractivity contribution in [3.63, 3.8) is 0 Å². The number of anilines is 1. The van der Waals surface area contributed by atoms with Crippen molar-refractivity contribution in [2.24, 2.45) is 0 Å². The van der Waals surface area contributed by atoms with Gasteiger partial charge in [-0.1, -0.05) is 52.5 Å². The summed E-state index contributed by atoms with van der Waals surface area (Å²) in [6.45, 7) is 1.72. The number of rotatable bonds is 6. The van der Waals surface area contributed by atoms with Gasteiger partial charge in [-0.25, -0.2) is 8.42 Å². The van der Waals surface area contributed by atoms with Crippen molar-refractivity contribution < 1.29 is 18.1 Å². The van der Waals surface area contributed by atoms with Crippen molar-refractivity contribution >= 4 is 67.8 Å². The second kappa shape index (κ2) is 9.10. The first kappa shape index (κ1) is 23.4. The summed E-state index contributed by atoms with van der Waals surface area (Å²) in [6, 6.07) is 10.7. The zero-order chi connectivity index (χ0) is 22.9. The zero-order valence-corrected chi connectivity index (χ0v) is 19.4. The fraction of sp³-hybridized carbons (Fsp3) is 0.0526. The first-order valence-electron chi connectivity index (χ1n) is 8.38. The third-order valence-electron chi connectivity index (χ3n) is 4.06. The van der Waals surface area contributed by atoms with Gasteiger partial charge < -0.3 is 4.74 Å². The molecule has 0 atom stereocenters. The van der Waals surface area contributed by atoms with E-state index in [2.05, 4.69) is 4.72 Å². The molecule has 3 rings (SSSR count). The van der Waals surface area contributed by atoms with Gasteiger partial charge in [0.1, 0.15) is 5.75 Å². The van der Waals surface area contributed by atoms with Gasteiger partial charge in [-0.2, -0.15) is 0 Å². The predicted molar refractivity (Wildman–Crippen MR) is 122 cm³/mol. The number of benzene rings is 3. The van der Waals surface area contributed by atoms with Crippen molar-refractivity contribution in [3.05, 3.63) is 84.3 Å². The van der Waals surface area contributed by atoms with Crippen LogP contribution in [-0.4, -0.2) is 13.3 Å². The summed E-state index contributed by atoms with van der Waals surface area (Å²) < 4.78 is 33.6. The number of ether oxygens (including phenoxy) is 1. The monoisotopic (exact) mass is 520 g/mol. The lowest BCUT2D eigenvalue weighted by Gasteiger charge is -2.14. The van der Waals surface area contributed by atoms with Crippen LogP contribution < -0.4 is 9.46 Å². The Kier molecular flexibility index (Phi) is 6.88. The van der Waals surface area contributed by atoms with E-state index >= 15 is 0 Å². The molecule has 7 nitrogen and oxygen atoms in total. The average Bonchev–Trinajstić information content (AvgIpc) is 2.68. The highest BCUT2D eigenvalue weighted by molar-refractivity contribution is 7.92. The Morgan fingerprint density at radius 2 is 1.58 bits per heavy atom. The second-order valence-corrected chi connectivity index (χ2v) is 9.60. The average molecular weight is 522 g/mol. The van der Waals surface area contributed by atoms with Crippen LogP contribution in [0, 0.1) is 17.0 Å². The molecule has 0 heterocycles. The molecule has 0 amide bonds. The van der Waals surface area contributed by atoms with Crippen LogP contribution in [0.15, 0.2) is 53.4 Å². The van der Waals surface area contributed by atoms with Crippen LogP contribution in [0.25, 0.3) is 0 Å². The highest BCUT2D eigenvalue weighted by Crippen LogP contribution is 2.41. The van der Waals surface area contributed by atoms with Crippen LogP contribution in [0.4, 0.5) is 11.4 Å². The molecule has 0 unspecified atom stereocenters.